The third-order valence-corrected chi connectivity index (χ3v) is 6.13. The van der Waals surface area contributed by atoms with Crippen LogP contribution in [0.5, 0.6) is 5.75 Å². The van der Waals surface area contributed by atoms with Gasteiger partial charge in [0.2, 0.25) is 5.91 Å². The molecule has 0 N–H and O–H groups in total. The number of nitrogens with zero attached hydrogens (tertiary/aromatic N) is 4. The van der Waals surface area contributed by atoms with Crippen molar-refractivity contribution in [2.45, 2.75) is 19.3 Å². The second-order valence-corrected chi connectivity index (χ2v) is 8.62. The Labute approximate surface area is 186 Å². The molecule has 1 aromatic heterocycles. The minimum absolute atomic E-state index is 0.0446. The average Bonchev–Trinajstić information content (AvgIpc) is 3.25. The lowest BCUT2D eigenvalue weighted by molar-refractivity contribution is -0.139. The lowest BCUT2D eigenvalue weighted by Gasteiger charge is -2.43. The highest BCUT2D eigenvalue weighted by Crippen LogP contribution is 2.36. The number of halogens is 1. The second-order valence-electron chi connectivity index (χ2n) is 8.62. The highest BCUT2D eigenvalue weighted by molar-refractivity contribution is 5.92. The second kappa shape index (κ2) is 9.68. The van der Waals surface area contributed by atoms with Gasteiger partial charge in [-0.15, -0.1) is 0 Å². The zero-order valence-electron chi connectivity index (χ0n) is 18.3. The fourth-order valence-electron chi connectivity index (χ4n) is 4.40. The maximum absolute atomic E-state index is 13.3. The van der Waals surface area contributed by atoms with Gasteiger partial charge in [-0.25, -0.2) is 4.39 Å². The van der Waals surface area contributed by atoms with Crippen LogP contribution in [0.1, 0.15) is 29.8 Å². The molecule has 0 unspecified atom stereocenters. The monoisotopic (exact) mass is 444 g/mol. The van der Waals surface area contributed by atoms with Gasteiger partial charge in [-0.3, -0.25) is 14.3 Å². The quantitative estimate of drug-likeness (QED) is 0.682. The molecule has 2 aromatic rings. The number of aryl methyl sites for hydroxylation is 1. The molecule has 3 heterocycles. The average molecular weight is 445 g/mol. The van der Waals surface area contributed by atoms with E-state index in [-0.39, 0.29) is 30.7 Å². The molecular formula is C23H29FN4O4. The van der Waals surface area contributed by atoms with Crippen LogP contribution in [0.3, 0.4) is 0 Å². The molecule has 1 atom stereocenters. The summed E-state index contributed by atoms with van der Waals surface area (Å²) in [5, 5.41) is 4.24. The molecule has 2 saturated heterocycles. The van der Waals surface area contributed by atoms with Gasteiger partial charge in [-0.1, -0.05) is 0 Å². The Morgan fingerprint density at radius 2 is 1.88 bits per heavy atom. The lowest BCUT2D eigenvalue weighted by Crippen LogP contribution is -2.52. The summed E-state index contributed by atoms with van der Waals surface area (Å²) in [5.74, 6) is 0.107. The van der Waals surface area contributed by atoms with Crippen LogP contribution >= 0.6 is 0 Å². The summed E-state index contributed by atoms with van der Waals surface area (Å²) in [6.45, 7) is 3.50. The molecule has 1 aromatic carbocycles. The summed E-state index contributed by atoms with van der Waals surface area (Å²) in [6, 6.07) is 7.54. The van der Waals surface area contributed by atoms with Gasteiger partial charge >= 0.3 is 0 Å². The topological polar surface area (TPSA) is 76.9 Å². The van der Waals surface area contributed by atoms with E-state index < -0.39 is 5.41 Å². The number of morpholine rings is 1. The molecule has 2 fully saturated rings. The highest BCUT2D eigenvalue weighted by Gasteiger charge is 2.41. The van der Waals surface area contributed by atoms with E-state index in [0.717, 1.165) is 12.8 Å². The number of carbonyl (C=O) groups is 2. The molecule has 9 heteroatoms. The van der Waals surface area contributed by atoms with E-state index in [0.29, 0.717) is 50.8 Å². The summed E-state index contributed by atoms with van der Waals surface area (Å²) in [4.78, 5) is 29.8. The van der Waals surface area contributed by atoms with Crippen LogP contribution in [-0.2, 0) is 16.6 Å². The van der Waals surface area contributed by atoms with Gasteiger partial charge in [-0.2, -0.15) is 5.10 Å². The van der Waals surface area contributed by atoms with Crippen molar-refractivity contribution in [2.24, 2.45) is 12.5 Å². The molecular weight excluding hydrogens is 415 g/mol. The standard InChI is InChI=1S/C23H29FN4O4/c1-26-10-7-20(25-26)22(30)28-9-2-8-23(16-28,15-21(29)27-11-13-31-14-12-27)17-32-19-5-3-18(24)4-6-19/h3-7,10H,2,8-9,11-17H2,1H3/t23-/m1/s1. The van der Waals surface area contributed by atoms with Crippen LogP contribution in [0.15, 0.2) is 36.5 Å². The molecule has 0 spiro atoms. The van der Waals surface area contributed by atoms with Crippen molar-refractivity contribution >= 4 is 11.8 Å². The SMILES string of the molecule is Cn1ccc(C(=O)N2CCC[C@@](COc3ccc(F)cc3)(CC(=O)N3CCOCC3)C2)n1. The summed E-state index contributed by atoms with van der Waals surface area (Å²) in [7, 11) is 1.77. The van der Waals surface area contributed by atoms with Gasteiger partial charge in [0.1, 0.15) is 17.3 Å². The Hall–Kier alpha value is -2.94. The number of hydrogen-bond acceptors (Lipinski definition) is 5. The van der Waals surface area contributed by atoms with Crippen LogP contribution in [0.2, 0.25) is 0 Å². The maximum atomic E-state index is 13.3. The zero-order chi connectivity index (χ0) is 22.6. The number of piperidine rings is 1. The largest absolute Gasteiger partial charge is 0.493 e. The van der Waals surface area contributed by atoms with E-state index in [9.17, 15) is 14.0 Å². The predicted octanol–water partition coefficient (Wildman–Crippen LogP) is 2.11. The summed E-state index contributed by atoms with van der Waals surface area (Å²) in [5.41, 5.74) is -0.144. The van der Waals surface area contributed by atoms with Crippen LogP contribution in [-0.4, -0.2) is 77.4 Å². The van der Waals surface area contributed by atoms with Gasteiger partial charge in [0.05, 0.1) is 19.8 Å². The smallest absolute Gasteiger partial charge is 0.274 e. The van der Waals surface area contributed by atoms with E-state index in [1.807, 2.05) is 4.90 Å². The summed E-state index contributed by atoms with van der Waals surface area (Å²) >= 11 is 0. The first-order valence-corrected chi connectivity index (χ1v) is 11.0. The molecule has 8 nitrogen and oxygen atoms in total. The van der Waals surface area contributed by atoms with Crippen molar-refractivity contribution in [3.63, 3.8) is 0 Å². The summed E-state index contributed by atoms with van der Waals surface area (Å²) in [6.07, 6.45) is 3.54. The lowest BCUT2D eigenvalue weighted by atomic mass is 9.77. The van der Waals surface area contributed by atoms with Crippen LogP contribution in [0, 0.1) is 11.2 Å². The predicted molar refractivity (Wildman–Crippen MR) is 115 cm³/mol. The van der Waals surface area contributed by atoms with Crippen LogP contribution < -0.4 is 4.74 Å². The van der Waals surface area contributed by atoms with E-state index in [4.69, 9.17) is 9.47 Å². The Balaban J connectivity index is 1.51. The first-order chi connectivity index (χ1) is 15.4. The van der Waals surface area contributed by atoms with Crippen molar-refractivity contribution in [1.29, 1.82) is 0 Å². The van der Waals surface area contributed by atoms with E-state index in [1.165, 1.54) is 12.1 Å². The molecule has 32 heavy (non-hydrogen) atoms. The Morgan fingerprint density at radius 1 is 1.12 bits per heavy atom. The van der Waals surface area contributed by atoms with Crippen molar-refractivity contribution < 1.29 is 23.5 Å². The van der Waals surface area contributed by atoms with E-state index >= 15 is 0 Å². The normalized spacial score (nSPS) is 21.4. The molecule has 2 amide bonds. The number of aromatic nitrogens is 2. The first kappa shape index (κ1) is 22.3. The Bertz CT molecular complexity index is 942. The first-order valence-electron chi connectivity index (χ1n) is 11.0. The van der Waals surface area contributed by atoms with Gasteiger partial charge in [0.15, 0.2) is 0 Å². The third kappa shape index (κ3) is 5.27. The molecule has 0 saturated carbocycles. The van der Waals surface area contributed by atoms with Crippen molar-refractivity contribution in [1.82, 2.24) is 19.6 Å². The number of likely N-dealkylation sites (tertiary alicyclic amines) is 1. The molecule has 0 bridgehead atoms. The molecule has 172 valence electrons. The highest BCUT2D eigenvalue weighted by atomic mass is 19.1. The van der Waals surface area contributed by atoms with Crippen LogP contribution in [0.25, 0.3) is 0 Å². The van der Waals surface area contributed by atoms with Crippen LogP contribution in [0.4, 0.5) is 4.39 Å². The maximum Gasteiger partial charge on any atom is 0.274 e. The van der Waals surface area contributed by atoms with Crippen molar-refractivity contribution in [3.05, 3.63) is 48.0 Å². The fraction of sp³-hybridized carbons (Fsp3) is 0.522. The minimum atomic E-state index is -0.535. The fourth-order valence-corrected chi connectivity index (χ4v) is 4.40. The number of carbonyl (C=O) groups excluding carboxylic acids is 2. The number of ether oxygens (including phenoxy) is 2. The molecule has 2 aliphatic rings. The van der Waals surface area contributed by atoms with E-state index in [1.54, 1.807) is 41.0 Å². The number of benzene rings is 1. The molecule has 0 radical (unpaired) electrons. The minimum Gasteiger partial charge on any atom is -0.493 e. The zero-order valence-corrected chi connectivity index (χ0v) is 18.3. The van der Waals surface area contributed by atoms with Gasteiger partial charge in [-0.05, 0) is 43.2 Å². The van der Waals surface area contributed by atoms with E-state index in [2.05, 4.69) is 5.10 Å². The van der Waals surface area contributed by atoms with Crippen molar-refractivity contribution in [3.8, 4) is 5.75 Å². The molecule has 4 rings (SSSR count). The van der Waals surface area contributed by atoms with Gasteiger partial charge < -0.3 is 19.3 Å². The third-order valence-electron chi connectivity index (χ3n) is 6.13. The Morgan fingerprint density at radius 3 is 2.56 bits per heavy atom. The van der Waals surface area contributed by atoms with Crippen molar-refractivity contribution in [2.75, 3.05) is 46.0 Å². The number of hydrogen-bond donors (Lipinski definition) is 0. The number of rotatable bonds is 6. The Kier molecular flexibility index (Phi) is 6.74. The number of amides is 2. The molecule has 2 aliphatic heterocycles. The van der Waals surface area contributed by atoms with Gasteiger partial charge in [0.25, 0.3) is 5.91 Å². The summed E-state index contributed by atoms with van der Waals surface area (Å²) < 4.78 is 26.2. The molecule has 0 aliphatic carbocycles. The van der Waals surface area contributed by atoms with Gasteiger partial charge in [0, 0.05) is 51.3 Å².